The number of aromatic amines is 1. The summed E-state index contributed by atoms with van der Waals surface area (Å²) in [6.45, 7) is 5.70. The predicted molar refractivity (Wildman–Crippen MR) is 206 cm³/mol. The van der Waals surface area contributed by atoms with Crippen LogP contribution in [0.25, 0.3) is 21.3 Å². The number of esters is 1. The van der Waals surface area contributed by atoms with E-state index in [1.165, 1.54) is 7.11 Å². The third-order valence-corrected chi connectivity index (χ3v) is 14.2. The molecule has 4 aliphatic heterocycles. The number of hydrogen-bond acceptors (Lipinski definition) is 10. The molecule has 55 heavy (non-hydrogen) atoms. The summed E-state index contributed by atoms with van der Waals surface area (Å²) >= 11 is 0. The number of likely N-dealkylation sites (N-methyl/N-ethyl adjacent to an activating group) is 1. The molecule has 1 amide bonds. The van der Waals surface area contributed by atoms with E-state index in [0.29, 0.717) is 68.0 Å². The molecule has 1 saturated carbocycles. The van der Waals surface area contributed by atoms with Crippen molar-refractivity contribution >= 4 is 28.5 Å². The number of azide groups is 1. The van der Waals surface area contributed by atoms with Gasteiger partial charge in [0.15, 0.2) is 5.60 Å². The van der Waals surface area contributed by atoms with Crippen LogP contribution >= 0.6 is 0 Å². The number of H-pyrrole nitrogens is 1. The summed E-state index contributed by atoms with van der Waals surface area (Å²) in [7, 11) is 4.75. The fourth-order valence-electron chi connectivity index (χ4n) is 12.1. The quantitative estimate of drug-likeness (QED) is 0.0860. The summed E-state index contributed by atoms with van der Waals surface area (Å²) < 4.78 is 12.1. The molecule has 0 unspecified atom stereocenters. The zero-order valence-corrected chi connectivity index (χ0v) is 32.2. The number of anilines is 1. The highest BCUT2D eigenvalue weighted by atomic mass is 16.5. The molecule has 2 aromatic carbocycles. The Bertz CT molecular complexity index is 2130. The van der Waals surface area contributed by atoms with Gasteiger partial charge in [0.2, 0.25) is 0 Å². The molecule has 292 valence electrons. The van der Waals surface area contributed by atoms with Crippen LogP contribution < -0.4 is 9.64 Å². The summed E-state index contributed by atoms with van der Waals surface area (Å²) in [4.78, 5) is 41.8. The first-order valence-corrected chi connectivity index (χ1v) is 19.4. The highest BCUT2D eigenvalue weighted by molar-refractivity contribution is 5.95. The van der Waals surface area contributed by atoms with E-state index in [1.54, 1.807) is 14.2 Å². The fourth-order valence-corrected chi connectivity index (χ4v) is 12.1. The number of amides is 1. The lowest BCUT2D eigenvalue weighted by molar-refractivity contribution is -0.201. The Hall–Kier alpha value is -4.43. The molecule has 2 fully saturated rings. The first kappa shape index (κ1) is 37.5. The lowest BCUT2D eigenvalue weighted by Gasteiger charge is -2.63. The minimum absolute atomic E-state index is 0.180. The summed E-state index contributed by atoms with van der Waals surface area (Å²) in [6.07, 6.45) is 5.62. The van der Waals surface area contributed by atoms with Crippen LogP contribution in [-0.2, 0) is 31.6 Å². The summed E-state index contributed by atoms with van der Waals surface area (Å²) in [5.41, 5.74) is 8.08. The molecular weight excluding hydrogens is 702 g/mol. The fraction of sp³-hybridized carbons (Fsp3) is 0.561. The Balaban J connectivity index is 1.48. The Morgan fingerprint density at radius 3 is 2.60 bits per heavy atom. The molecule has 1 aromatic heterocycles. The molecule has 8 rings (SSSR count). The number of aliphatic hydroxyl groups is 3. The number of nitrogens with one attached hydrogen (secondary N) is 1. The second-order valence-corrected chi connectivity index (χ2v) is 16.1. The molecule has 5 heterocycles. The van der Waals surface area contributed by atoms with Crippen molar-refractivity contribution in [2.75, 3.05) is 52.5 Å². The average molecular weight is 754 g/mol. The third kappa shape index (κ3) is 4.69. The van der Waals surface area contributed by atoms with Gasteiger partial charge >= 0.3 is 5.97 Å². The normalized spacial score (nSPS) is 33.9. The zero-order chi connectivity index (χ0) is 39.1. The molecule has 1 spiro atoms. The Morgan fingerprint density at radius 1 is 1.13 bits per heavy atom. The highest BCUT2D eigenvalue weighted by Gasteiger charge is 2.78. The van der Waals surface area contributed by atoms with Crippen LogP contribution in [0.1, 0.15) is 68.3 Å². The molecule has 5 aliphatic rings. The Morgan fingerprint density at radius 2 is 1.91 bits per heavy atom. The molecule has 1 saturated heterocycles. The predicted octanol–water partition coefficient (Wildman–Crippen LogP) is 4.04. The summed E-state index contributed by atoms with van der Waals surface area (Å²) in [5, 5.41) is 40.4. The number of aromatic nitrogens is 1. The van der Waals surface area contributed by atoms with Crippen LogP contribution in [-0.4, -0.2) is 119 Å². The SMILES string of the molecule is CCC[C@H]1C[C@](C(=O)OC)(c2cc3c(cc2OC)N(C)[C@H]2[C@@](O)(C(=O)N=[N+]=[N-])[C@H](O)[C@]4(CC)C=CCN5CC[C@]32[C@@H]54)c2[nH]c3ccccc3c2CCN1CO. The first-order chi connectivity index (χ1) is 26.5. The topological polar surface area (TPSA) is 188 Å². The van der Waals surface area contributed by atoms with Gasteiger partial charge in [-0.2, -0.15) is 0 Å². The number of para-hydroxylation sites is 1. The maximum absolute atomic E-state index is 15.1. The van der Waals surface area contributed by atoms with Crippen molar-refractivity contribution in [2.24, 2.45) is 10.5 Å². The Kier molecular flexibility index (Phi) is 9.10. The standard InChI is InChI=1S/C41H51N7O7/c1-6-11-24-22-40(37(52)55-5,32-26(14-18-48(24)23-49)25-12-8-9-13-29(25)43-32)28-20-27-30(21-31(28)54-4)46(3)34-39(27)16-19-47-17-10-15-38(7-2,33(39)47)35(50)41(34,53)36(51)44-45-42/h8-10,12-13,15,20-21,24,33-35,43,49-50,53H,6-7,11,14,16-19,22-23H2,1-5H3/t24-,33-,34+,35+,38+,39+,40-,41-/m0/s1. The van der Waals surface area contributed by atoms with Gasteiger partial charge in [-0.1, -0.05) is 50.6 Å². The number of fused-ring (bicyclic) bond motifs is 4. The summed E-state index contributed by atoms with van der Waals surface area (Å²) in [6, 6.07) is 10.3. The number of carbonyl (C=O) groups is 2. The van der Waals surface area contributed by atoms with Crippen LogP contribution in [0, 0.1) is 5.41 Å². The van der Waals surface area contributed by atoms with Crippen molar-refractivity contribution in [1.82, 2.24) is 14.8 Å². The van der Waals surface area contributed by atoms with Crippen LogP contribution in [0.5, 0.6) is 5.75 Å². The van der Waals surface area contributed by atoms with Gasteiger partial charge < -0.3 is 34.7 Å². The minimum atomic E-state index is -2.49. The van der Waals surface area contributed by atoms with Crippen molar-refractivity contribution in [3.63, 3.8) is 0 Å². The van der Waals surface area contributed by atoms with Gasteiger partial charge in [0, 0.05) is 81.9 Å². The molecule has 4 N–H and O–H groups in total. The lowest BCUT2D eigenvalue weighted by Crippen LogP contribution is -2.80. The molecule has 0 radical (unpaired) electrons. The minimum Gasteiger partial charge on any atom is -0.496 e. The van der Waals surface area contributed by atoms with E-state index in [0.717, 1.165) is 28.5 Å². The van der Waals surface area contributed by atoms with Gasteiger partial charge in [-0.15, -0.1) is 0 Å². The van der Waals surface area contributed by atoms with Crippen LogP contribution in [0.2, 0.25) is 0 Å². The number of methoxy groups -OCH3 is 2. The van der Waals surface area contributed by atoms with Crippen molar-refractivity contribution in [1.29, 1.82) is 0 Å². The van der Waals surface area contributed by atoms with Crippen molar-refractivity contribution in [3.8, 4) is 5.75 Å². The van der Waals surface area contributed by atoms with E-state index >= 15 is 4.79 Å². The average Bonchev–Trinajstić information content (AvgIpc) is 3.85. The highest BCUT2D eigenvalue weighted by Crippen LogP contribution is 2.67. The van der Waals surface area contributed by atoms with E-state index in [4.69, 9.17) is 9.47 Å². The number of benzene rings is 2. The van der Waals surface area contributed by atoms with Crippen molar-refractivity contribution < 1.29 is 34.4 Å². The zero-order valence-electron chi connectivity index (χ0n) is 32.2. The molecule has 8 atom stereocenters. The smallest absolute Gasteiger partial charge is 0.322 e. The lowest BCUT2D eigenvalue weighted by atomic mass is 9.47. The number of nitrogens with zero attached hydrogens (tertiary/aromatic N) is 6. The second-order valence-electron chi connectivity index (χ2n) is 16.1. The van der Waals surface area contributed by atoms with Gasteiger partial charge in [-0.25, -0.2) is 0 Å². The van der Waals surface area contributed by atoms with Crippen LogP contribution in [0.15, 0.2) is 53.7 Å². The van der Waals surface area contributed by atoms with E-state index in [9.17, 15) is 25.6 Å². The van der Waals surface area contributed by atoms with Gasteiger partial charge in [0.1, 0.15) is 17.3 Å². The molecule has 14 heteroatoms. The molecule has 1 aliphatic carbocycles. The molecule has 3 aromatic rings. The van der Waals surface area contributed by atoms with E-state index < -0.39 is 45.9 Å². The van der Waals surface area contributed by atoms with Gasteiger partial charge in [-0.3, -0.25) is 19.4 Å². The first-order valence-electron chi connectivity index (χ1n) is 19.4. The van der Waals surface area contributed by atoms with Gasteiger partial charge in [-0.05, 0) is 72.6 Å². The maximum Gasteiger partial charge on any atom is 0.322 e. The van der Waals surface area contributed by atoms with Crippen molar-refractivity contribution in [2.45, 2.75) is 93.0 Å². The third-order valence-electron chi connectivity index (χ3n) is 14.2. The number of rotatable bonds is 8. The molecule has 14 nitrogen and oxygen atoms in total. The number of carbonyl (C=O) groups excluding carboxylic acids is 2. The number of hydrogen-bond donors (Lipinski definition) is 4. The second kappa shape index (κ2) is 13.4. The van der Waals surface area contributed by atoms with Crippen molar-refractivity contribution in [3.05, 3.63) is 81.4 Å². The molecular formula is C41H51N7O7. The number of aliphatic hydroxyl groups excluding tert-OH is 2. The van der Waals surface area contributed by atoms with E-state index in [-0.39, 0.29) is 25.2 Å². The Labute approximate surface area is 320 Å². The largest absolute Gasteiger partial charge is 0.496 e. The molecule has 0 bridgehead atoms. The monoisotopic (exact) mass is 753 g/mol. The number of ether oxygens (including phenoxy) is 2. The maximum atomic E-state index is 15.1. The van der Waals surface area contributed by atoms with E-state index in [1.807, 2.05) is 65.3 Å². The van der Waals surface area contributed by atoms with Crippen LogP contribution in [0.3, 0.4) is 0 Å². The van der Waals surface area contributed by atoms with E-state index in [2.05, 4.69) is 26.8 Å². The van der Waals surface area contributed by atoms with Gasteiger partial charge in [0.05, 0.1) is 27.0 Å². The van der Waals surface area contributed by atoms with Gasteiger partial charge in [0.25, 0.3) is 5.91 Å². The summed E-state index contributed by atoms with van der Waals surface area (Å²) in [5.74, 6) is -1.21. The van der Waals surface area contributed by atoms with Crippen LogP contribution in [0.4, 0.5) is 5.69 Å².